The lowest BCUT2D eigenvalue weighted by molar-refractivity contribution is 0.471. The normalized spacial score (nSPS) is 11.0. The van der Waals surface area contributed by atoms with Gasteiger partial charge in [-0.25, -0.2) is 9.36 Å². The van der Waals surface area contributed by atoms with Crippen LogP contribution in [-0.4, -0.2) is 4.57 Å². The second kappa shape index (κ2) is 5.80. The molecule has 2 aromatic carbocycles. The molecular formula is C15H8Cl3NO3. The van der Waals surface area contributed by atoms with E-state index in [1.807, 2.05) is 0 Å². The highest BCUT2D eigenvalue weighted by Gasteiger charge is 2.14. The van der Waals surface area contributed by atoms with Crippen molar-refractivity contribution in [3.8, 4) is 0 Å². The summed E-state index contributed by atoms with van der Waals surface area (Å²) in [5, 5.41) is 0.974. The summed E-state index contributed by atoms with van der Waals surface area (Å²) in [6.45, 7) is -0.00423. The maximum atomic E-state index is 12.5. The first-order valence-corrected chi connectivity index (χ1v) is 7.37. The summed E-state index contributed by atoms with van der Waals surface area (Å²) >= 11 is 17.9. The largest absolute Gasteiger partial charge is 0.422 e. The van der Waals surface area contributed by atoms with E-state index in [2.05, 4.69) is 0 Å². The van der Waals surface area contributed by atoms with E-state index in [9.17, 15) is 9.59 Å². The number of hydrogen-bond donors (Lipinski definition) is 0. The van der Waals surface area contributed by atoms with Crippen LogP contribution in [0.4, 0.5) is 0 Å². The summed E-state index contributed by atoms with van der Waals surface area (Å²) in [5.41, 5.74) is 0.138. The molecule has 0 amide bonds. The number of benzene rings is 2. The molecule has 4 nitrogen and oxygen atoms in total. The van der Waals surface area contributed by atoms with E-state index in [1.54, 1.807) is 24.3 Å². The fraction of sp³-hybridized carbons (Fsp3) is 0.0667. The smallest absolute Gasteiger partial charge is 0.409 e. The molecule has 112 valence electrons. The van der Waals surface area contributed by atoms with E-state index < -0.39 is 11.3 Å². The van der Waals surface area contributed by atoms with Gasteiger partial charge < -0.3 is 4.42 Å². The summed E-state index contributed by atoms with van der Waals surface area (Å²) in [7, 11) is 0. The van der Waals surface area contributed by atoms with Crippen LogP contribution in [0.3, 0.4) is 0 Å². The molecule has 0 N–H and O–H groups in total. The highest BCUT2D eigenvalue weighted by molar-refractivity contribution is 6.38. The summed E-state index contributed by atoms with van der Waals surface area (Å²) < 4.78 is 6.09. The Morgan fingerprint density at radius 3 is 2.45 bits per heavy atom. The topological polar surface area (TPSA) is 52.2 Å². The first-order valence-electron chi connectivity index (χ1n) is 6.23. The Hall–Kier alpha value is -1.75. The lowest BCUT2D eigenvalue weighted by Crippen LogP contribution is -2.33. The van der Waals surface area contributed by atoms with Crippen molar-refractivity contribution in [3.63, 3.8) is 0 Å². The number of hydrogen-bond acceptors (Lipinski definition) is 3. The molecule has 0 atom stereocenters. The summed E-state index contributed by atoms with van der Waals surface area (Å²) in [6, 6.07) is 9.73. The van der Waals surface area contributed by atoms with E-state index in [1.165, 1.54) is 12.1 Å². The maximum absolute atomic E-state index is 12.5. The van der Waals surface area contributed by atoms with Crippen LogP contribution in [0, 0.1) is 0 Å². The number of halogens is 3. The van der Waals surface area contributed by atoms with Gasteiger partial charge in [0.15, 0.2) is 0 Å². The average Bonchev–Trinajstić information content (AvgIpc) is 2.44. The molecule has 3 rings (SSSR count). The minimum Gasteiger partial charge on any atom is -0.409 e. The molecule has 0 aliphatic rings. The number of fused-ring (bicyclic) bond motifs is 1. The number of aromatic nitrogens is 1. The standard InChI is InChI=1S/C15H8Cl3NO3/c16-9-5-11(18)13-12(6-9)22-15(21)19(14(13)20)7-8-3-1-2-4-10(8)17/h1-6H,7H2. The minimum absolute atomic E-state index is 0.00423. The molecule has 0 unspecified atom stereocenters. The van der Waals surface area contributed by atoms with Crippen molar-refractivity contribution in [2.75, 3.05) is 0 Å². The molecule has 1 heterocycles. The van der Waals surface area contributed by atoms with Crippen LogP contribution >= 0.6 is 34.8 Å². The SMILES string of the molecule is O=c1oc2cc(Cl)cc(Cl)c2c(=O)n1Cc1ccccc1Cl. The van der Waals surface area contributed by atoms with Crippen molar-refractivity contribution in [2.24, 2.45) is 0 Å². The van der Waals surface area contributed by atoms with Crippen LogP contribution in [0.1, 0.15) is 5.56 Å². The molecule has 1 aromatic heterocycles. The average molecular weight is 357 g/mol. The van der Waals surface area contributed by atoms with Crippen molar-refractivity contribution in [3.05, 3.63) is 77.9 Å². The lowest BCUT2D eigenvalue weighted by Gasteiger charge is -2.08. The molecule has 22 heavy (non-hydrogen) atoms. The highest BCUT2D eigenvalue weighted by Crippen LogP contribution is 2.24. The first kappa shape index (κ1) is 15.2. The third-order valence-electron chi connectivity index (χ3n) is 3.18. The van der Waals surface area contributed by atoms with Gasteiger partial charge in [-0.3, -0.25) is 4.79 Å². The van der Waals surface area contributed by atoms with E-state index in [0.717, 1.165) is 4.57 Å². The molecule has 0 bridgehead atoms. The predicted molar refractivity (Wildman–Crippen MR) is 87.3 cm³/mol. The lowest BCUT2D eigenvalue weighted by atomic mass is 10.2. The van der Waals surface area contributed by atoms with E-state index in [4.69, 9.17) is 39.2 Å². The summed E-state index contributed by atoms with van der Waals surface area (Å²) in [6.07, 6.45) is 0. The molecule has 0 saturated heterocycles. The van der Waals surface area contributed by atoms with Gasteiger partial charge in [0.1, 0.15) is 11.0 Å². The Morgan fingerprint density at radius 2 is 1.73 bits per heavy atom. The Balaban J connectivity index is 2.26. The van der Waals surface area contributed by atoms with Crippen LogP contribution in [0.25, 0.3) is 11.0 Å². The van der Waals surface area contributed by atoms with Gasteiger partial charge in [-0.15, -0.1) is 0 Å². The van der Waals surface area contributed by atoms with Crippen molar-refractivity contribution in [1.29, 1.82) is 0 Å². The predicted octanol–water partition coefficient (Wildman–Crippen LogP) is 3.96. The van der Waals surface area contributed by atoms with E-state index in [0.29, 0.717) is 10.6 Å². The number of nitrogens with zero attached hydrogens (tertiary/aromatic N) is 1. The Kier molecular flexibility index (Phi) is 4.00. The summed E-state index contributed by atoms with van der Waals surface area (Å²) in [5.74, 6) is -0.796. The van der Waals surface area contributed by atoms with Crippen LogP contribution in [0.15, 0.2) is 50.4 Å². The van der Waals surface area contributed by atoms with Gasteiger partial charge in [0.25, 0.3) is 5.56 Å². The van der Waals surface area contributed by atoms with E-state index >= 15 is 0 Å². The molecule has 0 spiro atoms. The van der Waals surface area contributed by atoms with Gasteiger partial charge in [0.2, 0.25) is 0 Å². The van der Waals surface area contributed by atoms with E-state index in [-0.39, 0.29) is 27.6 Å². The van der Waals surface area contributed by atoms with Gasteiger partial charge in [0, 0.05) is 16.1 Å². The zero-order chi connectivity index (χ0) is 15.9. The van der Waals surface area contributed by atoms with Gasteiger partial charge in [-0.1, -0.05) is 53.0 Å². The second-order valence-electron chi connectivity index (χ2n) is 4.61. The van der Waals surface area contributed by atoms with Crippen molar-refractivity contribution < 1.29 is 4.42 Å². The highest BCUT2D eigenvalue weighted by atomic mass is 35.5. The molecule has 0 aliphatic carbocycles. The summed E-state index contributed by atoms with van der Waals surface area (Å²) in [4.78, 5) is 24.6. The monoisotopic (exact) mass is 355 g/mol. The zero-order valence-electron chi connectivity index (χ0n) is 11.0. The Bertz CT molecular complexity index is 991. The number of rotatable bonds is 2. The maximum Gasteiger partial charge on any atom is 0.422 e. The van der Waals surface area contributed by atoms with Crippen LogP contribution < -0.4 is 11.3 Å². The van der Waals surface area contributed by atoms with Crippen molar-refractivity contribution in [2.45, 2.75) is 6.54 Å². The van der Waals surface area contributed by atoms with Crippen molar-refractivity contribution in [1.82, 2.24) is 4.57 Å². The van der Waals surface area contributed by atoms with Gasteiger partial charge in [-0.2, -0.15) is 0 Å². The van der Waals surface area contributed by atoms with Gasteiger partial charge in [-0.05, 0) is 17.7 Å². The minimum atomic E-state index is -0.796. The van der Waals surface area contributed by atoms with Crippen LogP contribution in [0.5, 0.6) is 0 Å². The third-order valence-corrected chi connectivity index (χ3v) is 4.07. The molecule has 0 fully saturated rings. The third kappa shape index (κ3) is 2.65. The molecule has 0 saturated carbocycles. The van der Waals surface area contributed by atoms with Crippen LogP contribution in [0.2, 0.25) is 15.1 Å². The van der Waals surface area contributed by atoms with Gasteiger partial charge >= 0.3 is 5.76 Å². The Morgan fingerprint density at radius 1 is 1.00 bits per heavy atom. The van der Waals surface area contributed by atoms with Crippen molar-refractivity contribution >= 4 is 45.8 Å². The molecule has 0 radical (unpaired) electrons. The first-order chi connectivity index (χ1) is 10.5. The molecule has 0 aliphatic heterocycles. The molecule has 3 aromatic rings. The molecular weight excluding hydrogens is 349 g/mol. The quantitative estimate of drug-likeness (QED) is 0.698. The fourth-order valence-electron chi connectivity index (χ4n) is 2.14. The van der Waals surface area contributed by atoms with Gasteiger partial charge in [0.05, 0.1) is 11.6 Å². The van der Waals surface area contributed by atoms with Crippen LogP contribution in [-0.2, 0) is 6.54 Å². The second-order valence-corrected chi connectivity index (χ2v) is 5.86. The fourth-order valence-corrected chi connectivity index (χ4v) is 2.89. The zero-order valence-corrected chi connectivity index (χ0v) is 13.2. The Labute approximate surface area is 139 Å². The molecule has 7 heteroatoms.